The third kappa shape index (κ3) is 3.23. The molecule has 2 rings (SSSR count). The summed E-state index contributed by atoms with van der Waals surface area (Å²) in [4.78, 5) is 0.134. The Morgan fingerprint density at radius 2 is 1.86 bits per heavy atom. The lowest BCUT2D eigenvalue weighted by Gasteiger charge is -2.18. The molecule has 1 heterocycles. The highest BCUT2D eigenvalue weighted by Gasteiger charge is 2.27. The van der Waals surface area contributed by atoms with E-state index >= 15 is 0 Å². The van der Waals surface area contributed by atoms with Crippen LogP contribution in [-0.2, 0) is 10.0 Å². The highest BCUT2D eigenvalue weighted by Crippen LogP contribution is 2.25. The largest absolute Gasteiger partial charge is 0.360 e. The van der Waals surface area contributed by atoms with Crippen molar-refractivity contribution in [1.29, 1.82) is 0 Å². The van der Waals surface area contributed by atoms with Crippen molar-refractivity contribution in [3.63, 3.8) is 0 Å². The van der Waals surface area contributed by atoms with Crippen molar-refractivity contribution in [3.05, 3.63) is 46.3 Å². The predicted octanol–water partition coefficient (Wildman–Crippen LogP) is 3.34. The van der Waals surface area contributed by atoms with E-state index in [0.29, 0.717) is 17.9 Å². The van der Waals surface area contributed by atoms with E-state index in [-0.39, 0.29) is 10.9 Å². The van der Waals surface area contributed by atoms with Gasteiger partial charge < -0.3 is 4.52 Å². The molecule has 1 N–H and O–H groups in total. The highest BCUT2D eigenvalue weighted by molar-refractivity contribution is 7.89. The molecule has 0 aliphatic heterocycles. The topological polar surface area (TPSA) is 72.2 Å². The van der Waals surface area contributed by atoms with Gasteiger partial charge in [0.25, 0.3) is 0 Å². The smallest absolute Gasteiger partial charge is 0.246 e. The zero-order chi connectivity index (χ0) is 16.5. The van der Waals surface area contributed by atoms with Crippen LogP contribution in [0, 0.1) is 27.7 Å². The number of nitrogens with zero attached hydrogens (tertiary/aromatic N) is 1. The molecule has 0 aliphatic rings. The number of sulfonamides is 1. The van der Waals surface area contributed by atoms with Gasteiger partial charge in [0.2, 0.25) is 10.0 Å². The quantitative estimate of drug-likeness (QED) is 0.916. The van der Waals surface area contributed by atoms with Crippen molar-refractivity contribution in [3.8, 4) is 0 Å². The Kier molecular flexibility index (Phi) is 4.72. The third-order valence-corrected chi connectivity index (χ3v) is 5.59. The fraction of sp³-hybridized carbons (Fsp3) is 0.438. The second-order valence-electron chi connectivity index (χ2n) is 5.58. The number of nitrogens with one attached hydrogen (secondary N) is 1. The van der Waals surface area contributed by atoms with Gasteiger partial charge in [0.15, 0.2) is 5.76 Å². The maximum Gasteiger partial charge on any atom is 0.246 e. The summed E-state index contributed by atoms with van der Waals surface area (Å²) < 4.78 is 33.0. The Hall–Kier alpha value is -1.66. The summed E-state index contributed by atoms with van der Waals surface area (Å²) in [6, 6.07) is 5.72. The standard InChI is InChI=1S/C16H22N2O3S/c1-6-15(14-8-7-10(2)11(3)9-14)18-22(19,20)16-12(4)17-21-13(16)5/h7-9,15,18H,6H2,1-5H3/t15-/m0/s1. The van der Waals surface area contributed by atoms with Gasteiger partial charge in [-0.25, -0.2) is 13.1 Å². The fourth-order valence-corrected chi connectivity index (χ4v) is 4.11. The zero-order valence-electron chi connectivity index (χ0n) is 13.6. The first-order chi connectivity index (χ1) is 10.3. The first kappa shape index (κ1) is 16.7. The summed E-state index contributed by atoms with van der Waals surface area (Å²) >= 11 is 0. The normalized spacial score (nSPS) is 13.3. The number of aryl methyl sites for hydroxylation is 4. The minimum atomic E-state index is -3.67. The molecule has 0 spiro atoms. The molecule has 1 atom stereocenters. The monoisotopic (exact) mass is 322 g/mol. The Morgan fingerprint density at radius 3 is 2.36 bits per heavy atom. The molecule has 2 aromatic rings. The van der Waals surface area contributed by atoms with Crippen molar-refractivity contribution in [1.82, 2.24) is 9.88 Å². The average Bonchev–Trinajstić information content (AvgIpc) is 2.79. The predicted molar refractivity (Wildman–Crippen MR) is 85.2 cm³/mol. The molecule has 0 unspecified atom stereocenters. The summed E-state index contributed by atoms with van der Waals surface area (Å²) in [6.45, 7) is 9.24. The van der Waals surface area contributed by atoms with Crippen molar-refractivity contribution in [2.45, 2.75) is 52.0 Å². The molecule has 5 nitrogen and oxygen atoms in total. The lowest BCUT2D eigenvalue weighted by molar-refractivity contribution is 0.390. The molecule has 1 aromatic heterocycles. The lowest BCUT2D eigenvalue weighted by Crippen LogP contribution is -2.29. The van der Waals surface area contributed by atoms with Gasteiger partial charge in [0.05, 0.1) is 0 Å². The van der Waals surface area contributed by atoms with Crippen molar-refractivity contribution in [2.24, 2.45) is 0 Å². The van der Waals surface area contributed by atoms with E-state index in [0.717, 1.165) is 11.1 Å². The van der Waals surface area contributed by atoms with E-state index in [1.807, 2.05) is 39.0 Å². The Labute approximate surface area is 131 Å². The van der Waals surface area contributed by atoms with Crippen LogP contribution in [0.5, 0.6) is 0 Å². The van der Waals surface area contributed by atoms with Gasteiger partial charge in [0.1, 0.15) is 10.6 Å². The third-order valence-electron chi connectivity index (χ3n) is 3.88. The molecule has 120 valence electrons. The Balaban J connectivity index is 2.35. The van der Waals surface area contributed by atoms with Gasteiger partial charge in [-0.3, -0.25) is 0 Å². The van der Waals surface area contributed by atoms with Crippen LogP contribution in [0.3, 0.4) is 0 Å². The second kappa shape index (κ2) is 6.22. The van der Waals surface area contributed by atoms with Gasteiger partial charge in [-0.1, -0.05) is 30.3 Å². The average molecular weight is 322 g/mol. The van der Waals surface area contributed by atoms with Gasteiger partial charge in [0, 0.05) is 6.04 Å². The van der Waals surface area contributed by atoms with Gasteiger partial charge >= 0.3 is 0 Å². The van der Waals surface area contributed by atoms with Crippen LogP contribution in [0.4, 0.5) is 0 Å². The van der Waals surface area contributed by atoms with Crippen molar-refractivity contribution < 1.29 is 12.9 Å². The summed E-state index contributed by atoms with van der Waals surface area (Å²) in [5.74, 6) is 0.305. The molecule has 22 heavy (non-hydrogen) atoms. The SMILES string of the molecule is CC[C@H](NS(=O)(=O)c1c(C)noc1C)c1ccc(C)c(C)c1. The van der Waals surface area contributed by atoms with Crippen LogP contribution < -0.4 is 4.72 Å². The molecule has 1 aromatic carbocycles. The van der Waals surface area contributed by atoms with Gasteiger partial charge in [-0.15, -0.1) is 0 Å². The molecule has 0 fully saturated rings. The number of rotatable bonds is 5. The van der Waals surface area contributed by atoms with E-state index in [1.165, 1.54) is 5.56 Å². The second-order valence-corrected chi connectivity index (χ2v) is 7.23. The molecule has 0 bridgehead atoms. The van der Waals surface area contributed by atoms with Gasteiger partial charge in [-0.05, 0) is 50.8 Å². The van der Waals surface area contributed by atoms with E-state index in [2.05, 4.69) is 9.88 Å². The van der Waals surface area contributed by atoms with Crippen LogP contribution in [0.2, 0.25) is 0 Å². The summed E-state index contributed by atoms with van der Waals surface area (Å²) in [6.07, 6.45) is 0.658. The fourth-order valence-electron chi connectivity index (χ4n) is 2.47. The first-order valence-corrected chi connectivity index (χ1v) is 8.77. The van der Waals surface area contributed by atoms with E-state index in [9.17, 15) is 8.42 Å². The molecular formula is C16H22N2O3S. The molecule has 0 saturated carbocycles. The number of benzene rings is 1. The van der Waals surface area contributed by atoms with Crippen molar-refractivity contribution in [2.75, 3.05) is 0 Å². The molecule has 0 saturated heterocycles. The molecular weight excluding hydrogens is 300 g/mol. The number of aromatic nitrogens is 1. The summed E-state index contributed by atoms with van der Waals surface area (Å²) in [5, 5.41) is 3.72. The van der Waals surface area contributed by atoms with Crippen LogP contribution in [0.25, 0.3) is 0 Å². The van der Waals surface area contributed by atoms with Crippen molar-refractivity contribution >= 4 is 10.0 Å². The van der Waals surface area contributed by atoms with Crippen LogP contribution in [0.15, 0.2) is 27.6 Å². The summed E-state index contributed by atoms with van der Waals surface area (Å²) in [7, 11) is -3.67. The lowest BCUT2D eigenvalue weighted by atomic mass is 10.0. The van der Waals surface area contributed by atoms with Crippen LogP contribution >= 0.6 is 0 Å². The molecule has 0 aliphatic carbocycles. The van der Waals surface area contributed by atoms with Crippen LogP contribution in [-0.4, -0.2) is 13.6 Å². The summed E-state index contributed by atoms with van der Waals surface area (Å²) in [5.41, 5.74) is 3.67. The van der Waals surface area contributed by atoms with E-state index < -0.39 is 10.0 Å². The first-order valence-electron chi connectivity index (χ1n) is 7.28. The highest BCUT2D eigenvalue weighted by atomic mass is 32.2. The molecule has 0 amide bonds. The maximum absolute atomic E-state index is 12.6. The Morgan fingerprint density at radius 1 is 1.18 bits per heavy atom. The molecule has 6 heteroatoms. The zero-order valence-corrected chi connectivity index (χ0v) is 14.4. The van der Waals surface area contributed by atoms with Gasteiger partial charge in [-0.2, -0.15) is 0 Å². The van der Waals surface area contributed by atoms with E-state index in [4.69, 9.17) is 4.52 Å². The van der Waals surface area contributed by atoms with E-state index in [1.54, 1.807) is 13.8 Å². The molecule has 0 radical (unpaired) electrons. The van der Waals surface area contributed by atoms with Crippen LogP contribution in [0.1, 0.15) is 47.5 Å². The maximum atomic E-state index is 12.6. The number of hydrogen-bond donors (Lipinski definition) is 1. The number of hydrogen-bond acceptors (Lipinski definition) is 4. The minimum absolute atomic E-state index is 0.134. The minimum Gasteiger partial charge on any atom is -0.360 e. The Bertz CT molecular complexity index is 759.